The van der Waals surface area contributed by atoms with Crippen LogP contribution in [0.15, 0.2) is 77.7 Å². The third kappa shape index (κ3) is 3.37. The van der Waals surface area contributed by atoms with Crippen molar-refractivity contribution >= 4 is 44.2 Å². The van der Waals surface area contributed by atoms with E-state index in [-0.39, 0.29) is 10.8 Å². The number of aromatic nitrogens is 2. The van der Waals surface area contributed by atoms with Gasteiger partial charge >= 0.3 is 0 Å². The van der Waals surface area contributed by atoms with Crippen molar-refractivity contribution in [3.05, 3.63) is 84.1 Å². The summed E-state index contributed by atoms with van der Waals surface area (Å²) < 4.78 is 23.7. The fourth-order valence-electron chi connectivity index (χ4n) is 3.94. The van der Waals surface area contributed by atoms with Gasteiger partial charge in [0.25, 0.3) is 5.91 Å². The molecule has 3 N–H and O–H groups in total. The quantitative estimate of drug-likeness (QED) is 0.499. The number of primary sulfonamides is 1. The maximum absolute atomic E-state index is 13.3. The van der Waals surface area contributed by atoms with E-state index in [0.29, 0.717) is 28.4 Å². The molecule has 1 aliphatic heterocycles. The van der Waals surface area contributed by atoms with Gasteiger partial charge in [-0.25, -0.2) is 23.5 Å². The monoisotopic (exact) mass is 445 g/mol. The lowest BCUT2D eigenvalue weighted by Gasteiger charge is -2.38. The number of benzene rings is 3. The first-order chi connectivity index (χ1) is 15.3. The Kier molecular flexibility index (Phi) is 4.65. The predicted octanol–water partition coefficient (Wildman–Crippen LogP) is 3.42. The van der Waals surface area contributed by atoms with Gasteiger partial charge < -0.3 is 10.2 Å². The number of sulfonamides is 1. The molecule has 1 aliphatic rings. The second-order valence-corrected chi connectivity index (χ2v) is 9.08. The lowest BCUT2D eigenvalue weighted by Crippen LogP contribution is -2.40. The van der Waals surface area contributed by atoms with Crippen molar-refractivity contribution in [3.8, 4) is 0 Å². The van der Waals surface area contributed by atoms with Gasteiger partial charge in [-0.3, -0.25) is 4.79 Å². The summed E-state index contributed by atoms with van der Waals surface area (Å²) in [5.41, 5.74) is 3.77. The largest absolute Gasteiger partial charge is 0.322 e. The van der Waals surface area contributed by atoms with Crippen molar-refractivity contribution in [1.82, 2.24) is 9.97 Å². The summed E-state index contributed by atoms with van der Waals surface area (Å²) in [4.78, 5) is 24.5. The Morgan fingerprint density at radius 3 is 2.28 bits per heavy atom. The van der Waals surface area contributed by atoms with Crippen LogP contribution in [-0.4, -0.2) is 24.3 Å². The van der Waals surface area contributed by atoms with E-state index >= 15 is 0 Å². The van der Waals surface area contributed by atoms with Gasteiger partial charge in [0.05, 0.1) is 33.0 Å². The lowest BCUT2D eigenvalue weighted by atomic mass is 9.99. The van der Waals surface area contributed by atoms with Gasteiger partial charge in [-0.1, -0.05) is 42.5 Å². The first kappa shape index (κ1) is 20.1. The molecule has 0 aliphatic carbocycles. The van der Waals surface area contributed by atoms with E-state index in [9.17, 15) is 13.2 Å². The highest BCUT2D eigenvalue weighted by atomic mass is 32.2. The Labute approximate surface area is 184 Å². The molecule has 0 fully saturated rings. The fraction of sp³-hybridized carbons (Fsp3) is 0.0870. The molecular weight excluding hydrogens is 426 g/mol. The Morgan fingerprint density at radius 2 is 1.59 bits per heavy atom. The van der Waals surface area contributed by atoms with Crippen LogP contribution in [0, 0.1) is 6.92 Å². The zero-order chi connectivity index (χ0) is 22.5. The van der Waals surface area contributed by atoms with Crippen LogP contribution in [-0.2, 0) is 14.8 Å². The smallest absolute Gasteiger partial charge is 0.252 e. The Balaban J connectivity index is 1.78. The molecule has 0 radical (unpaired) electrons. The first-order valence-electron chi connectivity index (χ1n) is 9.88. The van der Waals surface area contributed by atoms with Crippen LogP contribution in [0.4, 0.5) is 17.2 Å². The highest BCUT2D eigenvalue weighted by Gasteiger charge is 2.37. The molecule has 0 saturated heterocycles. The maximum atomic E-state index is 13.3. The van der Waals surface area contributed by atoms with E-state index in [0.717, 1.165) is 11.1 Å². The number of anilines is 3. The van der Waals surface area contributed by atoms with Gasteiger partial charge in [0, 0.05) is 0 Å². The van der Waals surface area contributed by atoms with Gasteiger partial charge in [-0.05, 0) is 42.8 Å². The van der Waals surface area contributed by atoms with E-state index < -0.39 is 16.1 Å². The lowest BCUT2D eigenvalue weighted by molar-refractivity contribution is -0.117. The standard InChI is InChI=1S/C23H19N5O3S/c1-14-22(26-18-10-6-5-9-17(18)25-14)28-20-12-11-16(32(24,30)31)13-19(20)27-23(29)21(28)15-7-3-2-4-8-15/h2-13,21H,1H3,(H,27,29)(H2,24,30,31). The van der Waals surface area contributed by atoms with Gasteiger partial charge in [0.1, 0.15) is 6.04 Å². The zero-order valence-electron chi connectivity index (χ0n) is 17.1. The number of amides is 1. The van der Waals surface area contributed by atoms with Gasteiger partial charge in [-0.15, -0.1) is 0 Å². The minimum atomic E-state index is -3.94. The summed E-state index contributed by atoms with van der Waals surface area (Å²) in [5.74, 6) is 0.196. The molecule has 1 atom stereocenters. The Hall–Kier alpha value is -3.82. The summed E-state index contributed by atoms with van der Waals surface area (Å²) in [6, 6.07) is 20.5. The molecule has 1 amide bonds. The molecule has 5 rings (SSSR count). The summed E-state index contributed by atoms with van der Waals surface area (Å²) >= 11 is 0. The van der Waals surface area contributed by atoms with Gasteiger partial charge in [0.2, 0.25) is 10.0 Å². The molecular formula is C23H19N5O3S. The second kappa shape index (κ2) is 7.40. The molecule has 0 spiro atoms. The number of hydrogen-bond donors (Lipinski definition) is 2. The number of nitrogens with one attached hydrogen (secondary N) is 1. The third-order valence-electron chi connectivity index (χ3n) is 5.38. The Bertz CT molecular complexity index is 1470. The number of aryl methyl sites for hydroxylation is 1. The summed E-state index contributed by atoms with van der Waals surface area (Å²) in [6.45, 7) is 1.84. The molecule has 2 heterocycles. The second-order valence-electron chi connectivity index (χ2n) is 7.52. The molecule has 8 nitrogen and oxygen atoms in total. The normalized spacial score (nSPS) is 16.0. The molecule has 4 aromatic rings. The zero-order valence-corrected chi connectivity index (χ0v) is 17.9. The highest BCUT2D eigenvalue weighted by Crippen LogP contribution is 2.44. The van der Waals surface area contributed by atoms with Gasteiger partial charge in [0.15, 0.2) is 5.82 Å². The predicted molar refractivity (Wildman–Crippen MR) is 122 cm³/mol. The van der Waals surface area contributed by atoms with E-state index in [1.165, 1.54) is 12.1 Å². The number of rotatable bonds is 3. The average molecular weight is 446 g/mol. The van der Waals surface area contributed by atoms with Gasteiger partial charge in [-0.2, -0.15) is 0 Å². The number of carbonyl (C=O) groups excluding carboxylic acids is 1. The van der Waals surface area contributed by atoms with Crippen molar-refractivity contribution < 1.29 is 13.2 Å². The molecule has 1 unspecified atom stereocenters. The topological polar surface area (TPSA) is 118 Å². The van der Waals surface area contributed by atoms with E-state index in [4.69, 9.17) is 10.1 Å². The minimum absolute atomic E-state index is 0.0871. The summed E-state index contributed by atoms with van der Waals surface area (Å²) in [7, 11) is -3.94. The van der Waals surface area contributed by atoms with Crippen LogP contribution >= 0.6 is 0 Å². The molecule has 32 heavy (non-hydrogen) atoms. The maximum Gasteiger partial charge on any atom is 0.252 e. The number of nitrogens with zero attached hydrogens (tertiary/aromatic N) is 3. The highest BCUT2D eigenvalue weighted by molar-refractivity contribution is 7.89. The summed E-state index contributed by atoms with van der Waals surface area (Å²) in [6.07, 6.45) is 0. The van der Waals surface area contributed by atoms with Crippen molar-refractivity contribution in [1.29, 1.82) is 0 Å². The van der Waals surface area contributed by atoms with Crippen LogP contribution in [0.1, 0.15) is 17.3 Å². The van der Waals surface area contributed by atoms with Crippen LogP contribution in [0.2, 0.25) is 0 Å². The van der Waals surface area contributed by atoms with Crippen LogP contribution < -0.4 is 15.4 Å². The average Bonchev–Trinajstić information content (AvgIpc) is 2.77. The van der Waals surface area contributed by atoms with Crippen molar-refractivity contribution in [2.45, 2.75) is 17.9 Å². The van der Waals surface area contributed by atoms with Crippen LogP contribution in [0.5, 0.6) is 0 Å². The van der Waals surface area contributed by atoms with Crippen molar-refractivity contribution in [2.24, 2.45) is 5.14 Å². The van der Waals surface area contributed by atoms with Crippen LogP contribution in [0.25, 0.3) is 11.0 Å². The number of nitrogens with two attached hydrogens (primary N) is 1. The van der Waals surface area contributed by atoms with Crippen molar-refractivity contribution in [2.75, 3.05) is 10.2 Å². The molecule has 160 valence electrons. The molecule has 0 saturated carbocycles. The Morgan fingerprint density at radius 1 is 0.938 bits per heavy atom. The number of hydrogen-bond acceptors (Lipinski definition) is 6. The van der Waals surface area contributed by atoms with E-state index in [1.54, 1.807) is 11.0 Å². The summed E-state index contributed by atoms with van der Waals surface area (Å²) in [5, 5.41) is 8.13. The molecule has 3 aromatic carbocycles. The third-order valence-corrected chi connectivity index (χ3v) is 6.29. The number of fused-ring (bicyclic) bond motifs is 2. The SMILES string of the molecule is Cc1nc2ccccc2nc1N1c2ccc(S(N)(=O)=O)cc2NC(=O)C1c1ccccc1. The minimum Gasteiger partial charge on any atom is -0.322 e. The molecule has 9 heteroatoms. The first-order valence-corrected chi connectivity index (χ1v) is 11.4. The van der Waals surface area contributed by atoms with Crippen LogP contribution in [0.3, 0.4) is 0 Å². The fourth-order valence-corrected chi connectivity index (χ4v) is 4.48. The number of para-hydroxylation sites is 2. The number of carbonyl (C=O) groups is 1. The van der Waals surface area contributed by atoms with E-state index in [1.807, 2.05) is 61.5 Å². The molecule has 1 aromatic heterocycles. The van der Waals surface area contributed by atoms with E-state index in [2.05, 4.69) is 10.3 Å². The van der Waals surface area contributed by atoms with Crippen molar-refractivity contribution in [3.63, 3.8) is 0 Å². The molecule has 0 bridgehead atoms.